The van der Waals surface area contributed by atoms with E-state index < -0.39 is 23.8 Å². The zero-order valence-electron chi connectivity index (χ0n) is 18.0. The lowest BCUT2D eigenvalue weighted by Gasteiger charge is -2.51. The number of piperidine rings is 1. The summed E-state index contributed by atoms with van der Waals surface area (Å²) in [6.07, 6.45) is 4.35. The highest BCUT2D eigenvalue weighted by atomic mass is 16.9. The van der Waals surface area contributed by atoms with Crippen molar-refractivity contribution in [2.24, 2.45) is 5.41 Å². The minimum atomic E-state index is -4.01. The first-order chi connectivity index (χ1) is 15.2. The summed E-state index contributed by atoms with van der Waals surface area (Å²) in [5.41, 5.74) is 0.563. The zero-order valence-corrected chi connectivity index (χ0v) is 18.0. The third-order valence-electron chi connectivity index (χ3n) is 7.15. The lowest BCUT2D eigenvalue weighted by Crippen LogP contribution is -2.58. The van der Waals surface area contributed by atoms with Gasteiger partial charge in [0.25, 0.3) is 0 Å². The van der Waals surface area contributed by atoms with Crippen molar-refractivity contribution < 1.29 is 45.3 Å². The fourth-order valence-electron chi connectivity index (χ4n) is 5.34. The molecule has 1 aliphatic carbocycles. The second-order valence-electron chi connectivity index (χ2n) is 9.51. The number of rotatable bonds is 5. The molecule has 13 nitrogen and oxygen atoms in total. The number of likely N-dealkylation sites (tertiary alicyclic amines) is 2. The van der Waals surface area contributed by atoms with Gasteiger partial charge in [0.15, 0.2) is 7.85 Å². The van der Waals surface area contributed by atoms with Gasteiger partial charge in [0.05, 0.1) is 0 Å². The minimum Gasteiger partial charge on any atom is -0.385 e. The Bertz CT molecular complexity index is 867. The van der Waals surface area contributed by atoms with Gasteiger partial charge in [-0.3, -0.25) is 0 Å². The predicted octanol–water partition coefficient (Wildman–Crippen LogP) is -2.96. The first-order valence-electron chi connectivity index (χ1n) is 10.8. The van der Waals surface area contributed by atoms with Gasteiger partial charge in [-0.1, -0.05) is 0 Å². The molecule has 4 rings (SSSR count). The highest BCUT2D eigenvalue weighted by molar-refractivity contribution is 6.11. The number of amides is 1. The van der Waals surface area contributed by atoms with Crippen LogP contribution in [0.5, 0.6) is 0 Å². The molecule has 0 unspecified atom stereocenters. The van der Waals surface area contributed by atoms with E-state index >= 15 is 0 Å². The standard InChI is InChI=1S/C19H29BN4O9/c20-19(31,32)24-14(1-5-21-24)12-2-6-22(7-3-12)13-9-16(10-13)4-8-23(11-16)15(25)33-18(29,30)17(26,27)28/h1,5,12-13,26-32H,2-4,6-11H2. The number of carbonyl (C=O) groups is 1. The van der Waals surface area contributed by atoms with Crippen LogP contribution >= 0.6 is 0 Å². The Labute approximate surface area is 190 Å². The van der Waals surface area contributed by atoms with Crippen molar-refractivity contribution in [1.29, 1.82) is 0 Å². The van der Waals surface area contributed by atoms with Crippen molar-refractivity contribution >= 4 is 13.9 Å². The van der Waals surface area contributed by atoms with Crippen LogP contribution in [0, 0.1) is 5.41 Å². The largest absolute Gasteiger partial charge is 0.414 e. The maximum Gasteiger partial charge on any atom is 0.414 e. The van der Waals surface area contributed by atoms with Gasteiger partial charge in [-0.25, -0.2) is 9.48 Å². The molecular formula is C19H29BN4O9. The molecule has 2 aliphatic heterocycles. The van der Waals surface area contributed by atoms with E-state index in [9.17, 15) is 25.2 Å². The molecule has 1 spiro atoms. The van der Waals surface area contributed by atoms with Crippen LogP contribution in [-0.2, 0) is 10.5 Å². The summed E-state index contributed by atoms with van der Waals surface area (Å²) >= 11 is 0. The van der Waals surface area contributed by atoms with E-state index in [4.69, 9.17) is 23.2 Å². The molecule has 0 aromatic carbocycles. The van der Waals surface area contributed by atoms with Crippen molar-refractivity contribution in [3.63, 3.8) is 0 Å². The van der Waals surface area contributed by atoms with E-state index in [2.05, 4.69) is 14.7 Å². The Morgan fingerprint density at radius 1 is 1.09 bits per heavy atom. The molecule has 1 saturated carbocycles. The molecule has 14 heteroatoms. The lowest BCUT2D eigenvalue weighted by atomic mass is 9.64. The third-order valence-corrected chi connectivity index (χ3v) is 7.15. The van der Waals surface area contributed by atoms with Gasteiger partial charge in [-0.15, -0.1) is 0 Å². The van der Waals surface area contributed by atoms with Crippen LogP contribution in [0.4, 0.5) is 4.79 Å². The van der Waals surface area contributed by atoms with Crippen molar-refractivity contribution in [2.45, 2.75) is 61.8 Å². The maximum absolute atomic E-state index is 12.2. The monoisotopic (exact) mass is 468 g/mol. The topological polar surface area (TPSA) is 192 Å². The second kappa shape index (κ2) is 8.17. The number of hydrogen-bond acceptors (Lipinski definition) is 11. The van der Waals surface area contributed by atoms with Crippen LogP contribution in [0.2, 0.25) is 0 Å². The summed E-state index contributed by atoms with van der Waals surface area (Å²) in [5.74, 6) is -10.3. The predicted molar refractivity (Wildman–Crippen MR) is 109 cm³/mol. The first-order valence-corrected chi connectivity index (χ1v) is 10.8. The van der Waals surface area contributed by atoms with Gasteiger partial charge in [-0.05, 0) is 56.7 Å². The fourth-order valence-corrected chi connectivity index (χ4v) is 5.34. The Kier molecular flexibility index (Phi) is 6.03. The van der Waals surface area contributed by atoms with Crippen molar-refractivity contribution in [1.82, 2.24) is 19.6 Å². The first kappa shape index (κ1) is 24.4. The van der Waals surface area contributed by atoms with Gasteiger partial charge in [-0.2, -0.15) is 5.10 Å². The molecule has 182 valence electrons. The highest BCUT2D eigenvalue weighted by Gasteiger charge is 2.55. The Hall–Kier alpha value is -1.78. The molecule has 0 atom stereocenters. The Morgan fingerprint density at radius 3 is 2.30 bits per heavy atom. The van der Waals surface area contributed by atoms with Crippen molar-refractivity contribution in [2.75, 3.05) is 26.2 Å². The highest BCUT2D eigenvalue weighted by Crippen LogP contribution is 2.51. The molecule has 1 aromatic heterocycles. The molecule has 0 bridgehead atoms. The van der Waals surface area contributed by atoms with Crippen LogP contribution < -0.4 is 0 Å². The van der Waals surface area contributed by atoms with E-state index in [1.165, 1.54) is 11.1 Å². The van der Waals surface area contributed by atoms with E-state index in [1.54, 1.807) is 6.07 Å². The molecule has 2 saturated heterocycles. The van der Waals surface area contributed by atoms with E-state index in [-0.39, 0.29) is 11.3 Å². The summed E-state index contributed by atoms with van der Waals surface area (Å²) in [5, 5.41) is 68.6. The average molecular weight is 468 g/mol. The molecule has 2 radical (unpaired) electrons. The summed E-state index contributed by atoms with van der Waals surface area (Å²) in [4.78, 5) is 15.8. The number of hydrogen-bond donors (Lipinski definition) is 7. The van der Waals surface area contributed by atoms with Gasteiger partial charge in [0, 0.05) is 36.9 Å². The van der Waals surface area contributed by atoms with Gasteiger partial charge in [0.2, 0.25) is 5.81 Å². The van der Waals surface area contributed by atoms with Crippen molar-refractivity contribution in [3.8, 4) is 0 Å². The van der Waals surface area contributed by atoms with Gasteiger partial charge in [0.1, 0.15) is 0 Å². The molecule has 3 heterocycles. The summed E-state index contributed by atoms with van der Waals surface area (Å²) < 4.78 is 5.29. The molecule has 1 amide bonds. The Balaban J connectivity index is 1.26. The number of carbonyl (C=O) groups excluding carboxylic acids is 1. The molecule has 33 heavy (non-hydrogen) atoms. The molecular weight excluding hydrogens is 439 g/mol. The summed E-state index contributed by atoms with van der Waals surface area (Å²) in [6.45, 7) is 2.28. The van der Waals surface area contributed by atoms with Crippen LogP contribution in [0.25, 0.3) is 0 Å². The molecule has 7 N–H and O–H groups in total. The SMILES string of the molecule is [B]C(O)(O)n1nccc1C1CCN(C2CC3(CCN(C(=O)OC(O)(O)C(O)(O)O)C3)C2)CC1. The number of nitrogens with zero attached hydrogens (tertiary/aromatic N) is 4. The van der Waals surface area contributed by atoms with Crippen LogP contribution in [0.3, 0.4) is 0 Å². The van der Waals surface area contributed by atoms with Crippen LogP contribution in [0.1, 0.15) is 43.7 Å². The zero-order chi connectivity index (χ0) is 24.2. The third kappa shape index (κ3) is 4.75. The summed E-state index contributed by atoms with van der Waals surface area (Å²) in [7, 11) is 5.37. The lowest BCUT2D eigenvalue weighted by molar-refractivity contribution is -0.509. The van der Waals surface area contributed by atoms with Crippen LogP contribution in [0.15, 0.2) is 12.3 Å². The smallest absolute Gasteiger partial charge is 0.385 e. The number of ether oxygens (including phenoxy) is 1. The maximum atomic E-state index is 12.2. The van der Waals surface area contributed by atoms with E-state index in [0.29, 0.717) is 31.2 Å². The molecule has 3 aliphatic rings. The second-order valence-corrected chi connectivity index (χ2v) is 9.51. The average Bonchev–Trinajstić information content (AvgIpc) is 3.33. The quantitative estimate of drug-likeness (QED) is 0.173. The Morgan fingerprint density at radius 2 is 1.73 bits per heavy atom. The molecule has 3 fully saturated rings. The van der Waals surface area contributed by atoms with Crippen molar-refractivity contribution in [3.05, 3.63) is 18.0 Å². The number of aromatic nitrogens is 2. The van der Waals surface area contributed by atoms with Gasteiger partial charge >= 0.3 is 18.0 Å². The number of aliphatic hydroxyl groups is 7. The fraction of sp³-hybridized carbons (Fsp3) is 0.789. The normalized spacial score (nSPS) is 27.7. The van der Waals surface area contributed by atoms with Crippen LogP contribution in [-0.4, -0.2) is 113 Å². The van der Waals surface area contributed by atoms with Gasteiger partial charge < -0.3 is 50.3 Å². The molecule has 1 aromatic rings. The van der Waals surface area contributed by atoms with E-state index in [1.807, 2.05) is 0 Å². The van der Waals surface area contributed by atoms with E-state index in [0.717, 1.165) is 43.5 Å². The summed E-state index contributed by atoms with van der Waals surface area (Å²) in [6, 6.07) is 2.08. The minimum absolute atomic E-state index is 0.102.